The second-order valence-corrected chi connectivity index (χ2v) is 10.8. The minimum atomic E-state index is -4.49. The normalized spacial score (nSPS) is 11.6. The molecule has 4 aromatic carbocycles. The van der Waals surface area contributed by atoms with Crippen molar-refractivity contribution in [1.29, 1.82) is 0 Å². The first-order valence-corrected chi connectivity index (χ1v) is 15.2. The summed E-state index contributed by atoms with van der Waals surface area (Å²) in [6.45, 7) is 2.67. The molecular weight excluding hydrogens is 591 g/mol. The molecule has 5 rings (SSSR count). The maximum Gasteiger partial charge on any atom is 0.416 e. The van der Waals surface area contributed by atoms with Crippen LogP contribution in [0.15, 0.2) is 109 Å². The van der Waals surface area contributed by atoms with E-state index in [0.717, 1.165) is 34.5 Å². The molecule has 6 nitrogen and oxygen atoms in total. The molecule has 0 atom stereocenters. The Balaban J connectivity index is 1.45. The number of carbonyl (C=O) groups excluding carboxylic acids is 1. The van der Waals surface area contributed by atoms with Crippen molar-refractivity contribution in [3.63, 3.8) is 0 Å². The minimum absolute atomic E-state index is 0.0122. The highest BCUT2D eigenvalue weighted by Crippen LogP contribution is 2.38. The van der Waals surface area contributed by atoms with Crippen molar-refractivity contribution in [2.45, 2.75) is 25.6 Å². The molecule has 238 valence electrons. The molecule has 0 aliphatic heterocycles. The molecule has 1 heterocycles. The van der Waals surface area contributed by atoms with Gasteiger partial charge in [0.15, 0.2) is 5.78 Å². The largest absolute Gasteiger partial charge is 0.416 e. The highest BCUT2D eigenvalue weighted by molar-refractivity contribution is 5.96. The highest BCUT2D eigenvalue weighted by atomic mass is 19.4. The summed E-state index contributed by atoms with van der Waals surface area (Å²) in [5, 5.41) is 0. The van der Waals surface area contributed by atoms with Crippen molar-refractivity contribution in [3.05, 3.63) is 126 Å². The van der Waals surface area contributed by atoms with E-state index in [1.54, 1.807) is 18.2 Å². The Kier molecular flexibility index (Phi) is 11.1. The van der Waals surface area contributed by atoms with Gasteiger partial charge >= 0.3 is 6.18 Å². The number of Topliss-reactive ketones (excluding diaryl/α,β-unsaturated/α-hetero) is 1. The van der Waals surface area contributed by atoms with Gasteiger partial charge in [0.05, 0.1) is 36.8 Å². The summed E-state index contributed by atoms with van der Waals surface area (Å²) in [6, 6.07) is 31.9. The Morgan fingerprint density at radius 2 is 1.37 bits per heavy atom. The van der Waals surface area contributed by atoms with Crippen LogP contribution in [0.1, 0.15) is 34.3 Å². The molecule has 0 aliphatic rings. The van der Waals surface area contributed by atoms with Gasteiger partial charge in [0, 0.05) is 48.4 Å². The van der Waals surface area contributed by atoms with Crippen LogP contribution in [0, 0.1) is 0 Å². The topological polar surface area (TPSA) is 79.4 Å². The molecule has 0 bridgehead atoms. The van der Waals surface area contributed by atoms with Crippen LogP contribution in [-0.2, 0) is 22.2 Å². The van der Waals surface area contributed by atoms with Gasteiger partial charge in [-0.25, -0.2) is 4.98 Å². The van der Waals surface area contributed by atoms with Crippen LogP contribution in [0.4, 0.5) is 13.2 Å². The van der Waals surface area contributed by atoms with E-state index in [9.17, 15) is 18.0 Å². The lowest BCUT2D eigenvalue weighted by Crippen LogP contribution is -2.12. The summed E-state index contributed by atoms with van der Waals surface area (Å²) in [6.07, 6.45) is -3.55. The monoisotopic (exact) mass is 627 g/mol. The molecule has 0 saturated carbocycles. The van der Waals surface area contributed by atoms with E-state index in [1.165, 1.54) is 6.07 Å². The first-order chi connectivity index (χ1) is 22.3. The van der Waals surface area contributed by atoms with Gasteiger partial charge in [-0.1, -0.05) is 97.1 Å². The average Bonchev–Trinajstić information content (AvgIpc) is 3.45. The number of ether oxygens (including phenoxy) is 2. The fourth-order valence-corrected chi connectivity index (χ4v) is 5.21. The predicted octanol–water partition coefficient (Wildman–Crippen LogP) is 7.91. The van der Waals surface area contributed by atoms with E-state index in [-0.39, 0.29) is 5.78 Å². The number of hydrogen-bond donors (Lipinski definition) is 1. The molecule has 5 aromatic rings. The molecule has 1 aromatic heterocycles. The Bertz CT molecular complexity index is 1700. The molecule has 0 radical (unpaired) electrons. The van der Waals surface area contributed by atoms with Gasteiger partial charge in [-0.2, -0.15) is 13.2 Å². The van der Waals surface area contributed by atoms with Crippen molar-refractivity contribution in [2.24, 2.45) is 5.73 Å². The van der Waals surface area contributed by atoms with Gasteiger partial charge in [0.1, 0.15) is 5.82 Å². The summed E-state index contributed by atoms with van der Waals surface area (Å²) in [5.41, 5.74) is 9.65. The standard InChI is InChI=1S/C37H36F3N3O3/c38-37(39,40)32-14-7-13-31(25-32)36-42-34(29-9-3-1-4-10-29)35(30-11-5-2-6-12-30)43(36)26-27-16-18-28(19-17-27)33(44)15-8-21-45-23-24-46-22-20-41/h1-7,9-14,16-19,25H,8,15,20-24,26,41H2. The van der Waals surface area contributed by atoms with Gasteiger partial charge < -0.3 is 19.8 Å². The zero-order valence-corrected chi connectivity index (χ0v) is 25.4. The number of aromatic nitrogens is 2. The van der Waals surface area contributed by atoms with E-state index in [4.69, 9.17) is 20.2 Å². The predicted molar refractivity (Wildman–Crippen MR) is 173 cm³/mol. The lowest BCUT2D eigenvalue weighted by molar-refractivity contribution is -0.137. The minimum Gasteiger partial charge on any atom is -0.379 e. The molecule has 0 aliphatic carbocycles. The highest BCUT2D eigenvalue weighted by Gasteiger charge is 2.31. The SMILES string of the molecule is NCCOCCOCCCC(=O)c1ccc(Cn2c(-c3cccc(C(F)(F)F)c3)nc(-c3ccccc3)c2-c2ccccc2)cc1. The van der Waals surface area contributed by atoms with Gasteiger partial charge in [0.2, 0.25) is 0 Å². The lowest BCUT2D eigenvalue weighted by Gasteiger charge is -2.15. The Morgan fingerprint density at radius 1 is 0.739 bits per heavy atom. The Morgan fingerprint density at radius 3 is 2.02 bits per heavy atom. The summed E-state index contributed by atoms with van der Waals surface area (Å²) in [7, 11) is 0. The smallest absolute Gasteiger partial charge is 0.379 e. The van der Waals surface area contributed by atoms with Crippen LogP contribution in [0.5, 0.6) is 0 Å². The zero-order valence-electron chi connectivity index (χ0n) is 25.4. The van der Waals surface area contributed by atoms with Crippen molar-refractivity contribution < 1.29 is 27.4 Å². The van der Waals surface area contributed by atoms with E-state index in [1.807, 2.05) is 77.4 Å². The molecule has 0 unspecified atom stereocenters. The van der Waals surface area contributed by atoms with Crippen LogP contribution in [0.25, 0.3) is 33.9 Å². The van der Waals surface area contributed by atoms with Crippen molar-refractivity contribution in [1.82, 2.24) is 9.55 Å². The molecule has 0 saturated heterocycles. The number of hydrogen-bond acceptors (Lipinski definition) is 5. The van der Waals surface area contributed by atoms with Crippen molar-refractivity contribution >= 4 is 5.78 Å². The fraction of sp³-hybridized carbons (Fsp3) is 0.243. The fourth-order valence-electron chi connectivity index (χ4n) is 5.21. The Hall–Kier alpha value is -4.57. The average molecular weight is 628 g/mol. The van der Waals surface area contributed by atoms with E-state index < -0.39 is 11.7 Å². The third-order valence-electron chi connectivity index (χ3n) is 7.45. The molecule has 46 heavy (non-hydrogen) atoms. The third kappa shape index (κ3) is 8.37. The number of imidazole rings is 1. The van der Waals surface area contributed by atoms with Gasteiger partial charge in [-0.15, -0.1) is 0 Å². The van der Waals surface area contributed by atoms with E-state index in [0.29, 0.717) is 75.0 Å². The first kappa shape index (κ1) is 32.8. The van der Waals surface area contributed by atoms with Crippen LogP contribution < -0.4 is 5.73 Å². The molecule has 0 spiro atoms. The van der Waals surface area contributed by atoms with Gasteiger partial charge in [-0.05, 0) is 24.1 Å². The van der Waals surface area contributed by atoms with Gasteiger partial charge in [-0.3, -0.25) is 4.79 Å². The number of halogens is 3. The lowest BCUT2D eigenvalue weighted by atomic mass is 10.0. The summed E-state index contributed by atoms with van der Waals surface area (Å²) < 4.78 is 54.0. The summed E-state index contributed by atoms with van der Waals surface area (Å²) in [4.78, 5) is 17.8. The second-order valence-electron chi connectivity index (χ2n) is 10.8. The van der Waals surface area contributed by atoms with Crippen LogP contribution in [0.3, 0.4) is 0 Å². The quantitative estimate of drug-likeness (QED) is 0.0943. The summed E-state index contributed by atoms with van der Waals surface area (Å²) >= 11 is 0. The van der Waals surface area contributed by atoms with Crippen molar-refractivity contribution in [3.8, 4) is 33.9 Å². The van der Waals surface area contributed by atoms with Gasteiger partial charge in [0.25, 0.3) is 0 Å². The molecule has 2 N–H and O–H groups in total. The molecule has 0 fully saturated rings. The number of benzene rings is 4. The van der Waals surface area contributed by atoms with Crippen molar-refractivity contribution in [2.75, 3.05) is 33.0 Å². The maximum absolute atomic E-state index is 13.8. The number of rotatable bonds is 15. The maximum atomic E-state index is 13.8. The molecular formula is C37H36F3N3O3. The van der Waals surface area contributed by atoms with E-state index >= 15 is 0 Å². The molecule has 0 amide bonds. The summed E-state index contributed by atoms with van der Waals surface area (Å²) in [5.74, 6) is 0.426. The number of ketones is 1. The zero-order chi connectivity index (χ0) is 32.4. The van der Waals surface area contributed by atoms with Crippen LogP contribution >= 0.6 is 0 Å². The third-order valence-corrected chi connectivity index (χ3v) is 7.45. The number of alkyl halides is 3. The Labute approximate surface area is 266 Å². The molecule has 9 heteroatoms. The number of carbonyl (C=O) groups is 1. The number of nitrogens with zero attached hydrogens (tertiary/aromatic N) is 2. The van der Waals surface area contributed by atoms with E-state index in [2.05, 4.69) is 0 Å². The number of nitrogens with two attached hydrogens (primary N) is 1. The van der Waals surface area contributed by atoms with Crippen LogP contribution in [-0.4, -0.2) is 48.3 Å². The second kappa shape index (κ2) is 15.6. The van der Waals surface area contributed by atoms with Crippen LogP contribution in [0.2, 0.25) is 0 Å². The first-order valence-electron chi connectivity index (χ1n) is 15.2.